The maximum Gasteiger partial charge on any atom is 0.104 e. The lowest BCUT2D eigenvalue weighted by Crippen LogP contribution is -2.45. The fourth-order valence-electron chi connectivity index (χ4n) is 2.35. The van der Waals surface area contributed by atoms with E-state index in [1.54, 1.807) is 0 Å². The van der Waals surface area contributed by atoms with Crippen LogP contribution in [0.3, 0.4) is 0 Å². The van der Waals surface area contributed by atoms with Gasteiger partial charge < -0.3 is 4.90 Å². The second kappa shape index (κ2) is 7.22. The molecule has 0 amide bonds. The summed E-state index contributed by atoms with van der Waals surface area (Å²) in [5.41, 5.74) is -0.424. The third-order valence-corrected chi connectivity index (χ3v) is 4.55. The summed E-state index contributed by atoms with van der Waals surface area (Å²) in [5.74, 6) is 1.61. The molecule has 0 aromatic rings. The van der Waals surface area contributed by atoms with E-state index in [9.17, 15) is 9.47 Å². The molecule has 18 heavy (non-hydrogen) atoms. The number of nitriles is 1. The van der Waals surface area contributed by atoms with Gasteiger partial charge in [-0.3, -0.25) is 9.53 Å². The summed E-state index contributed by atoms with van der Waals surface area (Å²) in [4.78, 5) is 2.36. The van der Waals surface area contributed by atoms with Crippen molar-refractivity contribution in [3.63, 3.8) is 0 Å². The van der Waals surface area contributed by atoms with E-state index in [4.69, 9.17) is 0 Å². The Kier molecular flexibility index (Phi) is 6.27. The summed E-state index contributed by atoms with van der Waals surface area (Å²) in [7, 11) is -0.599. The van der Waals surface area contributed by atoms with Gasteiger partial charge in [0.1, 0.15) is 5.54 Å². The molecule has 1 rings (SSSR count). The Bertz CT molecular complexity index is 317. The quantitative estimate of drug-likeness (QED) is 0.786. The first kappa shape index (κ1) is 15.6. The van der Waals surface area contributed by atoms with E-state index in [1.165, 1.54) is 0 Å². The zero-order valence-electron chi connectivity index (χ0n) is 11.7. The van der Waals surface area contributed by atoms with Crippen molar-refractivity contribution in [2.24, 2.45) is 0 Å². The Morgan fingerprint density at radius 1 is 1.44 bits per heavy atom. The molecule has 1 aliphatic rings. The molecular weight excluding hydrogens is 246 g/mol. The molecule has 0 radical (unpaired) electrons. The van der Waals surface area contributed by atoms with Crippen LogP contribution >= 0.6 is 0 Å². The van der Waals surface area contributed by atoms with Gasteiger partial charge in [-0.05, 0) is 40.2 Å². The maximum absolute atomic E-state index is 11.2. The molecule has 1 heterocycles. The SMILES string of the molecule is CC(C)NC(C)(C#N)CCCN1CCS(=O)CC1. The normalized spacial score (nSPS) is 21.7. The van der Waals surface area contributed by atoms with Crippen LogP contribution < -0.4 is 5.32 Å². The first-order chi connectivity index (χ1) is 8.45. The fraction of sp³-hybridized carbons (Fsp3) is 0.923. The molecule has 104 valence electrons. The van der Waals surface area contributed by atoms with Crippen molar-refractivity contribution in [3.05, 3.63) is 0 Å². The maximum atomic E-state index is 11.2. The molecule has 4 nitrogen and oxygen atoms in total. The first-order valence-corrected chi connectivity index (χ1v) is 8.20. The summed E-state index contributed by atoms with van der Waals surface area (Å²) >= 11 is 0. The van der Waals surface area contributed by atoms with Crippen molar-refractivity contribution in [1.29, 1.82) is 5.26 Å². The molecule has 1 aliphatic heterocycles. The Hall–Kier alpha value is -0.440. The van der Waals surface area contributed by atoms with Gasteiger partial charge in [-0.25, -0.2) is 0 Å². The second-order valence-corrected chi connectivity index (χ2v) is 7.23. The Morgan fingerprint density at radius 3 is 2.56 bits per heavy atom. The minimum Gasteiger partial charge on any atom is -0.302 e. The predicted molar refractivity (Wildman–Crippen MR) is 75.8 cm³/mol. The molecule has 0 aliphatic carbocycles. The lowest BCUT2D eigenvalue weighted by atomic mass is 9.96. The van der Waals surface area contributed by atoms with E-state index in [0.29, 0.717) is 6.04 Å². The van der Waals surface area contributed by atoms with Crippen LogP contribution in [0.25, 0.3) is 0 Å². The third kappa shape index (κ3) is 5.47. The van der Waals surface area contributed by atoms with Crippen LogP contribution in [0.15, 0.2) is 0 Å². The highest BCUT2D eigenvalue weighted by Crippen LogP contribution is 2.13. The van der Waals surface area contributed by atoms with E-state index in [0.717, 1.165) is 44.0 Å². The van der Waals surface area contributed by atoms with Gasteiger partial charge in [0, 0.05) is 41.4 Å². The van der Waals surface area contributed by atoms with Crippen molar-refractivity contribution in [2.75, 3.05) is 31.1 Å². The number of nitrogens with one attached hydrogen (secondary N) is 1. The molecule has 1 unspecified atom stereocenters. The summed E-state index contributed by atoms with van der Waals surface area (Å²) in [5, 5.41) is 12.6. The zero-order valence-corrected chi connectivity index (χ0v) is 12.6. The number of hydrogen-bond acceptors (Lipinski definition) is 4. The van der Waals surface area contributed by atoms with E-state index in [-0.39, 0.29) is 0 Å². The molecule has 0 saturated carbocycles. The average molecular weight is 271 g/mol. The van der Waals surface area contributed by atoms with Crippen molar-refractivity contribution in [3.8, 4) is 6.07 Å². The van der Waals surface area contributed by atoms with Gasteiger partial charge in [-0.1, -0.05) is 0 Å². The van der Waals surface area contributed by atoms with Crippen LogP contribution in [0.5, 0.6) is 0 Å². The highest BCUT2D eigenvalue weighted by molar-refractivity contribution is 7.85. The van der Waals surface area contributed by atoms with Gasteiger partial charge in [-0.15, -0.1) is 0 Å². The lowest BCUT2D eigenvalue weighted by Gasteiger charge is -2.29. The van der Waals surface area contributed by atoms with E-state index < -0.39 is 16.3 Å². The minimum atomic E-state index is -0.599. The summed E-state index contributed by atoms with van der Waals surface area (Å²) < 4.78 is 11.2. The average Bonchev–Trinajstić information content (AvgIpc) is 2.31. The highest BCUT2D eigenvalue weighted by atomic mass is 32.2. The van der Waals surface area contributed by atoms with Gasteiger partial charge in [0.25, 0.3) is 0 Å². The van der Waals surface area contributed by atoms with E-state index >= 15 is 0 Å². The number of rotatable bonds is 6. The van der Waals surface area contributed by atoms with Crippen LogP contribution in [0.4, 0.5) is 0 Å². The highest BCUT2D eigenvalue weighted by Gasteiger charge is 2.24. The van der Waals surface area contributed by atoms with Crippen molar-refractivity contribution in [2.45, 2.75) is 45.2 Å². The molecule has 1 N–H and O–H groups in total. The monoisotopic (exact) mass is 271 g/mol. The smallest absolute Gasteiger partial charge is 0.104 e. The summed E-state index contributed by atoms with van der Waals surface area (Å²) in [6.45, 7) is 8.98. The molecule has 5 heteroatoms. The Labute approximate surface area is 113 Å². The van der Waals surface area contributed by atoms with Gasteiger partial charge in [0.15, 0.2) is 0 Å². The standard InChI is InChI=1S/C13H25N3OS/c1-12(2)15-13(3,11-14)5-4-6-16-7-9-18(17)10-8-16/h12,15H,4-10H2,1-3H3. The topological polar surface area (TPSA) is 56.1 Å². The van der Waals surface area contributed by atoms with Crippen molar-refractivity contribution >= 4 is 10.8 Å². The lowest BCUT2D eigenvalue weighted by molar-refractivity contribution is 0.274. The molecule has 0 spiro atoms. The number of hydrogen-bond donors (Lipinski definition) is 1. The van der Waals surface area contributed by atoms with Crippen molar-refractivity contribution < 1.29 is 4.21 Å². The number of nitrogens with zero attached hydrogens (tertiary/aromatic N) is 2. The molecule has 0 aromatic heterocycles. The largest absolute Gasteiger partial charge is 0.302 e. The van der Waals surface area contributed by atoms with Crippen molar-refractivity contribution in [1.82, 2.24) is 10.2 Å². The van der Waals surface area contributed by atoms with Gasteiger partial charge >= 0.3 is 0 Å². The third-order valence-electron chi connectivity index (χ3n) is 3.28. The second-order valence-electron chi connectivity index (χ2n) is 5.54. The van der Waals surface area contributed by atoms with E-state index in [2.05, 4.69) is 30.1 Å². The van der Waals surface area contributed by atoms with Gasteiger partial charge in [0.05, 0.1) is 6.07 Å². The molecule has 1 saturated heterocycles. The van der Waals surface area contributed by atoms with Crippen LogP contribution in [0.2, 0.25) is 0 Å². The van der Waals surface area contributed by atoms with E-state index in [1.807, 2.05) is 6.92 Å². The van der Waals surface area contributed by atoms with Crippen LogP contribution in [0.1, 0.15) is 33.6 Å². The van der Waals surface area contributed by atoms with Crippen LogP contribution in [-0.4, -0.2) is 51.8 Å². The predicted octanol–water partition coefficient (Wildman–Crippen LogP) is 1.11. The Balaban J connectivity index is 2.27. The molecular formula is C13H25N3OS. The van der Waals surface area contributed by atoms with Gasteiger partial charge in [-0.2, -0.15) is 5.26 Å². The summed E-state index contributed by atoms with van der Waals surface area (Å²) in [6.07, 6.45) is 1.87. The van der Waals surface area contributed by atoms with Crippen LogP contribution in [-0.2, 0) is 10.8 Å². The molecule has 0 aromatic carbocycles. The first-order valence-electron chi connectivity index (χ1n) is 6.71. The molecule has 0 bridgehead atoms. The molecule has 1 atom stereocenters. The molecule has 1 fully saturated rings. The van der Waals surface area contributed by atoms with Crippen LogP contribution in [0, 0.1) is 11.3 Å². The van der Waals surface area contributed by atoms with Gasteiger partial charge in [0.2, 0.25) is 0 Å². The summed E-state index contributed by atoms with van der Waals surface area (Å²) in [6, 6.07) is 2.70. The fourth-order valence-corrected chi connectivity index (χ4v) is 3.48. The zero-order chi connectivity index (χ0) is 13.6. The Morgan fingerprint density at radius 2 is 2.06 bits per heavy atom. The minimum absolute atomic E-state index is 0.326.